The van der Waals surface area contributed by atoms with Crippen LogP contribution < -0.4 is 4.74 Å². The van der Waals surface area contributed by atoms with Gasteiger partial charge in [-0.25, -0.2) is 9.59 Å². The summed E-state index contributed by atoms with van der Waals surface area (Å²) >= 11 is 0. The molecule has 0 aliphatic carbocycles. The Bertz CT molecular complexity index is 1390. The van der Waals surface area contributed by atoms with Crippen LogP contribution in [-0.2, 0) is 0 Å². The van der Waals surface area contributed by atoms with Crippen molar-refractivity contribution in [3.8, 4) is 35.2 Å². The number of hydrogen-bond acceptors (Lipinski definition) is 3. The number of aromatic carboxylic acids is 2. The van der Waals surface area contributed by atoms with Crippen LogP contribution in [0.25, 0.3) is 0 Å². The van der Waals surface area contributed by atoms with Gasteiger partial charge >= 0.3 is 11.9 Å². The van der Waals surface area contributed by atoms with Gasteiger partial charge in [0, 0.05) is 22.3 Å². The zero-order valence-electron chi connectivity index (χ0n) is 18.4. The summed E-state index contributed by atoms with van der Waals surface area (Å²) < 4.78 is 5.86. The fraction of sp³-hybridized carbons (Fsp3) is 0. The van der Waals surface area contributed by atoms with Gasteiger partial charge in [-0.15, -0.1) is 0 Å². The van der Waals surface area contributed by atoms with E-state index in [-0.39, 0.29) is 11.1 Å². The van der Waals surface area contributed by atoms with Crippen molar-refractivity contribution in [1.82, 2.24) is 0 Å². The summed E-state index contributed by atoms with van der Waals surface area (Å²) in [7, 11) is 0. The molecule has 0 heterocycles. The second-order valence-electron chi connectivity index (χ2n) is 7.35. The molecule has 5 heteroatoms. The van der Waals surface area contributed by atoms with E-state index in [0.717, 1.165) is 11.1 Å². The molecule has 0 amide bonds. The topological polar surface area (TPSA) is 83.8 Å². The first-order valence-electron chi connectivity index (χ1n) is 10.6. The minimum atomic E-state index is -1.01. The number of carbonyl (C=O) groups is 2. The largest absolute Gasteiger partial charge is 0.478 e. The maximum Gasteiger partial charge on any atom is 0.336 e. The van der Waals surface area contributed by atoms with Crippen molar-refractivity contribution >= 4 is 11.9 Å². The molecule has 0 saturated heterocycles. The first-order valence-corrected chi connectivity index (χ1v) is 10.6. The molecule has 0 aliphatic heterocycles. The molecule has 0 unspecified atom stereocenters. The number of hydrogen-bond donors (Lipinski definition) is 2. The summed E-state index contributed by atoms with van der Waals surface area (Å²) in [5.74, 6) is 11.0. The molecule has 2 N–H and O–H groups in total. The fourth-order valence-corrected chi connectivity index (χ4v) is 3.18. The lowest BCUT2D eigenvalue weighted by Gasteiger charge is -2.05. The van der Waals surface area contributed by atoms with Gasteiger partial charge in [0.15, 0.2) is 0 Å². The summed E-state index contributed by atoms with van der Waals surface area (Å²) in [6.07, 6.45) is 0. The lowest BCUT2D eigenvalue weighted by atomic mass is 10.1. The van der Waals surface area contributed by atoms with Crippen molar-refractivity contribution < 1.29 is 24.5 Å². The van der Waals surface area contributed by atoms with E-state index in [2.05, 4.69) is 23.7 Å². The summed E-state index contributed by atoms with van der Waals surface area (Å²) in [5, 5.41) is 18.5. The van der Waals surface area contributed by atoms with E-state index in [1.807, 2.05) is 0 Å². The molecular weight excluding hydrogens is 440 g/mol. The van der Waals surface area contributed by atoms with Crippen LogP contribution in [0.1, 0.15) is 43.0 Å². The Hall–Kier alpha value is -5.26. The number of rotatable bonds is 4. The van der Waals surface area contributed by atoms with Gasteiger partial charge in [-0.05, 0) is 72.8 Å². The molecule has 0 fully saturated rings. The molecule has 5 nitrogen and oxygen atoms in total. The van der Waals surface area contributed by atoms with Crippen LogP contribution in [0.5, 0.6) is 11.5 Å². The predicted molar refractivity (Wildman–Crippen MR) is 132 cm³/mol. The molecule has 4 aromatic rings. The molecule has 168 valence electrons. The second kappa shape index (κ2) is 10.6. The monoisotopic (exact) mass is 458 g/mol. The SMILES string of the molecule is O=C(O)c1ccccc1C#Cc1ccc(Oc2ccc(C#Cc3ccccc3C(=O)O)cc2)cc1. The predicted octanol–water partition coefficient (Wildman–Crippen LogP) is 5.67. The zero-order chi connectivity index (χ0) is 24.6. The van der Waals surface area contributed by atoms with E-state index >= 15 is 0 Å². The first-order chi connectivity index (χ1) is 17.0. The Balaban J connectivity index is 1.43. The molecule has 4 aromatic carbocycles. The van der Waals surface area contributed by atoms with Crippen molar-refractivity contribution in [3.05, 3.63) is 130 Å². The normalized spacial score (nSPS) is 9.71. The number of ether oxygens (including phenoxy) is 1. The minimum absolute atomic E-state index is 0.166. The van der Waals surface area contributed by atoms with Crippen molar-refractivity contribution in [2.45, 2.75) is 0 Å². The number of benzene rings is 4. The van der Waals surface area contributed by atoms with E-state index < -0.39 is 11.9 Å². The molecule has 0 bridgehead atoms. The van der Waals surface area contributed by atoms with E-state index in [9.17, 15) is 19.8 Å². The number of carboxylic acids is 2. The Morgan fingerprint density at radius 1 is 0.514 bits per heavy atom. The third-order valence-electron chi connectivity index (χ3n) is 4.94. The van der Waals surface area contributed by atoms with Crippen molar-refractivity contribution in [3.63, 3.8) is 0 Å². The highest BCUT2D eigenvalue weighted by atomic mass is 16.5. The first kappa shape index (κ1) is 22.9. The van der Waals surface area contributed by atoms with Crippen LogP contribution in [-0.4, -0.2) is 22.2 Å². The van der Waals surface area contributed by atoms with Crippen molar-refractivity contribution in [2.75, 3.05) is 0 Å². The molecule has 0 spiro atoms. The molecule has 0 aromatic heterocycles. The van der Waals surface area contributed by atoms with Gasteiger partial charge in [0.1, 0.15) is 11.5 Å². The van der Waals surface area contributed by atoms with Crippen LogP contribution in [0.2, 0.25) is 0 Å². The highest BCUT2D eigenvalue weighted by Crippen LogP contribution is 2.22. The summed E-state index contributed by atoms with van der Waals surface area (Å²) in [6.45, 7) is 0. The van der Waals surface area contributed by atoms with Gasteiger partial charge in [0.25, 0.3) is 0 Å². The average Bonchev–Trinajstić information content (AvgIpc) is 2.88. The van der Waals surface area contributed by atoms with Crippen molar-refractivity contribution in [1.29, 1.82) is 0 Å². The van der Waals surface area contributed by atoms with Crippen LogP contribution in [0, 0.1) is 23.7 Å². The van der Waals surface area contributed by atoms with Crippen LogP contribution >= 0.6 is 0 Å². The Labute approximate surface area is 202 Å². The van der Waals surface area contributed by atoms with E-state index in [4.69, 9.17) is 4.74 Å². The van der Waals surface area contributed by atoms with Gasteiger partial charge in [-0.3, -0.25) is 0 Å². The smallest absolute Gasteiger partial charge is 0.336 e. The standard InChI is InChI=1S/C30H18O5/c31-29(32)27-7-3-1-5-23(27)15-9-21-11-17-25(18-12-21)35-26-19-13-22(14-20-26)10-16-24-6-2-4-8-28(24)30(33)34/h1-8,11-14,17-20H,(H,31,32)(H,33,34). The maximum atomic E-state index is 11.3. The van der Waals surface area contributed by atoms with Crippen LogP contribution in [0.15, 0.2) is 97.1 Å². The van der Waals surface area contributed by atoms with E-state index in [0.29, 0.717) is 22.6 Å². The Morgan fingerprint density at radius 2 is 0.886 bits per heavy atom. The van der Waals surface area contributed by atoms with E-state index in [1.165, 1.54) is 12.1 Å². The van der Waals surface area contributed by atoms with Gasteiger partial charge in [0.2, 0.25) is 0 Å². The van der Waals surface area contributed by atoms with Gasteiger partial charge < -0.3 is 14.9 Å². The minimum Gasteiger partial charge on any atom is -0.478 e. The van der Waals surface area contributed by atoms with Crippen molar-refractivity contribution in [2.24, 2.45) is 0 Å². The van der Waals surface area contributed by atoms with Gasteiger partial charge in [-0.1, -0.05) is 47.9 Å². The van der Waals surface area contributed by atoms with Crippen LogP contribution in [0.4, 0.5) is 0 Å². The average molecular weight is 458 g/mol. The molecule has 4 rings (SSSR count). The summed E-state index contributed by atoms with van der Waals surface area (Å²) in [5.41, 5.74) is 2.69. The molecular formula is C30H18O5. The summed E-state index contributed by atoms with van der Waals surface area (Å²) in [6, 6.07) is 27.5. The third kappa shape index (κ3) is 5.96. The van der Waals surface area contributed by atoms with Crippen LogP contribution in [0.3, 0.4) is 0 Å². The third-order valence-corrected chi connectivity index (χ3v) is 4.94. The molecule has 35 heavy (non-hydrogen) atoms. The Morgan fingerprint density at radius 3 is 1.26 bits per heavy atom. The summed E-state index contributed by atoms with van der Waals surface area (Å²) in [4.78, 5) is 22.6. The molecule has 0 saturated carbocycles. The lowest BCUT2D eigenvalue weighted by molar-refractivity contribution is 0.0685. The molecule has 0 radical (unpaired) electrons. The molecule has 0 aliphatic rings. The highest BCUT2D eigenvalue weighted by Gasteiger charge is 2.07. The number of carboxylic acid groups (broad SMARTS) is 2. The van der Waals surface area contributed by atoms with Gasteiger partial charge in [-0.2, -0.15) is 0 Å². The van der Waals surface area contributed by atoms with Gasteiger partial charge in [0.05, 0.1) is 11.1 Å². The zero-order valence-corrected chi connectivity index (χ0v) is 18.4. The fourth-order valence-electron chi connectivity index (χ4n) is 3.18. The maximum absolute atomic E-state index is 11.3. The second-order valence-corrected chi connectivity index (χ2v) is 7.35. The highest BCUT2D eigenvalue weighted by molar-refractivity contribution is 5.91. The molecule has 0 atom stereocenters. The quantitative estimate of drug-likeness (QED) is 0.385. The lowest BCUT2D eigenvalue weighted by Crippen LogP contribution is -1.99. The Kier molecular flexibility index (Phi) is 6.92. The van der Waals surface area contributed by atoms with E-state index in [1.54, 1.807) is 84.9 Å².